The van der Waals surface area contributed by atoms with Crippen molar-refractivity contribution in [2.75, 3.05) is 6.61 Å². The number of rotatable bonds is 3. The van der Waals surface area contributed by atoms with Crippen LogP contribution in [0.4, 0.5) is 0 Å². The Morgan fingerprint density at radius 3 is 2.82 bits per heavy atom. The molecule has 0 atom stereocenters. The molecule has 1 N–H and O–H groups in total. The fraction of sp³-hybridized carbons (Fsp3) is 0.333. The van der Waals surface area contributed by atoms with E-state index >= 15 is 0 Å². The molecule has 0 amide bonds. The second kappa shape index (κ2) is 4.54. The molecule has 0 unspecified atom stereocenters. The Bertz CT molecular complexity index is 236. The first-order valence-corrected chi connectivity index (χ1v) is 2.87. The number of ether oxygens (including phenoxy) is 1. The highest BCUT2D eigenvalue weighted by atomic mass is 16.5. The number of carbonyl (C=O) groups is 2. The molecule has 2 radical (unpaired) electrons. The van der Waals surface area contributed by atoms with E-state index in [0.717, 1.165) is 0 Å². The van der Waals surface area contributed by atoms with Gasteiger partial charge >= 0.3 is 5.97 Å². The highest BCUT2D eigenvalue weighted by molar-refractivity contribution is 6.34. The zero-order chi connectivity index (χ0) is 9.72. The van der Waals surface area contributed by atoms with Crippen molar-refractivity contribution in [2.45, 2.75) is 6.92 Å². The molecule has 0 aromatic heterocycles. The largest absolute Gasteiger partial charge is 0.502 e. The molecule has 0 aliphatic heterocycles. The van der Waals surface area contributed by atoms with E-state index in [2.05, 4.69) is 4.74 Å². The van der Waals surface area contributed by atoms with Crippen LogP contribution in [0.2, 0.25) is 0 Å². The summed E-state index contributed by atoms with van der Waals surface area (Å²) in [6.07, 6.45) is -1.32. The Kier molecular flexibility index (Phi) is 3.24. The van der Waals surface area contributed by atoms with E-state index in [0.29, 0.717) is 0 Å². The van der Waals surface area contributed by atoms with E-state index in [9.17, 15) is 9.59 Å². The number of esters is 1. The maximum absolute atomic E-state index is 10.6. The highest BCUT2D eigenvalue weighted by Crippen LogP contribution is 1.96. The molecule has 0 aliphatic carbocycles. The number of hydrogen-bond donors (Lipinski definition) is 1. The standard InChI is InChI=1S/C6H7BO4/c1-2-11-6(10)5(9)4(7)3-8/h3,9H,2H2,1H3/i3D. The molecule has 0 aromatic carbocycles. The molecule has 4 nitrogen and oxygen atoms in total. The van der Waals surface area contributed by atoms with Crippen molar-refractivity contribution in [2.24, 2.45) is 0 Å². The zero-order valence-electron chi connectivity index (χ0n) is 6.96. The number of hydrogen-bond acceptors (Lipinski definition) is 4. The molecule has 0 fully saturated rings. The molecule has 0 rings (SSSR count). The van der Waals surface area contributed by atoms with Gasteiger partial charge in [-0.1, -0.05) is 0 Å². The summed E-state index contributed by atoms with van der Waals surface area (Å²) in [5, 5.41) is 8.83. The monoisotopic (exact) mass is 155 g/mol. The molecule has 0 saturated carbocycles. The summed E-state index contributed by atoms with van der Waals surface area (Å²) in [4.78, 5) is 20.9. The maximum Gasteiger partial charge on any atom is 0.372 e. The van der Waals surface area contributed by atoms with Crippen LogP contribution in [0, 0.1) is 0 Å². The van der Waals surface area contributed by atoms with E-state index in [1.807, 2.05) is 0 Å². The predicted molar refractivity (Wildman–Crippen MR) is 38.1 cm³/mol. The minimum atomic E-state index is -1.32. The number of allylic oxidation sites excluding steroid dienone is 1. The van der Waals surface area contributed by atoms with E-state index in [-0.39, 0.29) is 6.61 Å². The van der Waals surface area contributed by atoms with Crippen LogP contribution in [0.1, 0.15) is 8.29 Å². The van der Waals surface area contributed by atoms with Gasteiger partial charge in [-0.3, -0.25) is 4.79 Å². The third-order valence-electron chi connectivity index (χ3n) is 0.834. The van der Waals surface area contributed by atoms with Gasteiger partial charge in [0.1, 0.15) is 15.5 Å². The van der Waals surface area contributed by atoms with Crippen molar-refractivity contribution >= 4 is 20.1 Å². The van der Waals surface area contributed by atoms with Gasteiger partial charge in [-0.25, -0.2) is 4.79 Å². The fourth-order valence-electron chi connectivity index (χ4n) is 0.358. The van der Waals surface area contributed by atoms with E-state index in [4.69, 9.17) is 14.3 Å². The predicted octanol–water partition coefficient (Wildman–Crippen LogP) is -0.314. The van der Waals surface area contributed by atoms with Crippen LogP contribution in [-0.4, -0.2) is 31.8 Å². The topological polar surface area (TPSA) is 63.6 Å². The molecular formula is C6H7BO4. The summed E-state index contributed by atoms with van der Waals surface area (Å²) in [7, 11) is 4.88. The Labute approximate surface area is 66.7 Å². The lowest BCUT2D eigenvalue weighted by molar-refractivity contribution is -0.141. The third-order valence-corrected chi connectivity index (χ3v) is 0.834. The van der Waals surface area contributed by atoms with Crippen molar-refractivity contribution in [1.82, 2.24) is 0 Å². The maximum atomic E-state index is 10.6. The summed E-state index contributed by atoms with van der Waals surface area (Å²) in [5.41, 5.74) is -0.812. The van der Waals surface area contributed by atoms with Gasteiger partial charge in [0.15, 0.2) is 5.76 Å². The Balaban J connectivity index is 4.55. The smallest absolute Gasteiger partial charge is 0.372 e. The second-order valence-electron chi connectivity index (χ2n) is 1.58. The molecule has 0 saturated heterocycles. The van der Waals surface area contributed by atoms with Gasteiger partial charge in [-0.05, 0) is 12.4 Å². The Morgan fingerprint density at radius 2 is 2.45 bits per heavy atom. The van der Waals surface area contributed by atoms with Crippen molar-refractivity contribution in [3.05, 3.63) is 11.2 Å². The first-order chi connectivity index (χ1) is 5.50. The Morgan fingerprint density at radius 1 is 1.91 bits per heavy atom. The molecule has 0 aromatic rings. The van der Waals surface area contributed by atoms with Crippen LogP contribution < -0.4 is 0 Å². The van der Waals surface area contributed by atoms with Gasteiger partial charge in [0.05, 0.1) is 6.61 Å². The van der Waals surface area contributed by atoms with E-state index in [1.165, 1.54) is 6.92 Å². The van der Waals surface area contributed by atoms with Gasteiger partial charge < -0.3 is 9.84 Å². The molecule has 0 aliphatic rings. The molecule has 0 bridgehead atoms. The summed E-state index contributed by atoms with van der Waals surface area (Å²) < 4.78 is 10.8. The molecule has 58 valence electrons. The van der Waals surface area contributed by atoms with Crippen molar-refractivity contribution in [1.29, 1.82) is 0 Å². The van der Waals surface area contributed by atoms with Crippen molar-refractivity contribution < 1.29 is 20.8 Å². The second-order valence-corrected chi connectivity index (χ2v) is 1.58. The minimum Gasteiger partial charge on any atom is -0.502 e. The average molecular weight is 155 g/mol. The first-order valence-electron chi connectivity index (χ1n) is 3.37. The lowest BCUT2D eigenvalue weighted by Crippen LogP contribution is -2.10. The first kappa shape index (κ1) is 7.85. The number of aliphatic hydroxyl groups excluding tert-OH is 1. The molecule has 5 heteroatoms. The van der Waals surface area contributed by atoms with Crippen molar-refractivity contribution in [3.8, 4) is 0 Å². The lowest BCUT2D eigenvalue weighted by atomic mass is 9.96. The third kappa shape index (κ3) is 2.88. The van der Waals surface area contributed by atoms with Crippen molar-refractivity contribution in [3.63, 3.8) is 0 Å². The lowest BCUT2D eigenvalue weighted by Gasteiger charge is -2.00. The summed E-state index contributed by atoms with van der Waals surface area (Å²) in [5.74, 6) is -2.12. The SMILES string of the molecule is [2H]C(=O)C([B])=C(O)C(=O)OCC. The summed E-state index contributed by atoms with van der Waals surface area (Å²) in [6, 6.07) is 0. The van der Waals surface area contributed by atoms with Crippen LogP contribution in [-0.2, 0) is 14.3 Å². The van der Waals surface area contributed by atoms with Gasteiger partial charge in [0.25, 0.3) is 0 Å². The highest BCUT2D eigenvalue weighted by Gasteiger charge is 2.10. The minimum absolute atomic E-state index is 0.0579. The van der Waals surface area contributed by atoms with Gasteiger partial charge in [-0.2, -0.15) is 0 Å². The number of aldehydes is 1. The zero-order valence-corrected chi connectivity index (χ0v) is 5.96. The van der Waals surface area contributed by atoms with Gasteiger partial charge in [-0.15, -0.1) is 0 Å². The van der Waals surface area contributed by atoms with Gasteiger partial charge in [0.2, 0.25) is 0 Å². The van der Waals surface area contributed by atoms with Crippen LogP contribution in [0.3, 0.4) is 0 Å². The number of aliphatic hydroxyl groups is 1. The average Bonchev–Trinajstić information content (AvgIpc) is 2.02. The molecular weight excluding hydrogens is 147 g/mol. The normalized spacial score (nSPS) is 13.0. The van der Waals surface area contributed by atoms with Crippen LogP contribution in [0.25, 0.3) is 0 Å². The number of carbonyl (C=O) groups excluding carboxylic acids is 2. The summed E-state index contributed by atoms with van der Waals surface area (Å²) >= 11 is 0. The molecule has 11 heavy (non-hydrogen) atoms. The fourth-order valence-corrected chi connectivity index (χ4v) is 0.358. The van der Waals surface area contributed by atoms with Crippen LogP contribution in [0.15, 0.2) is 11.2 Å². The van der Waals surface area contributed by atoms with E-state index < -0.39 is 23.5 Å². The molecule has 0 spiro atoms. The molecule has 0 heterocycles. The summed E-state index contributed by atoms with van der Waals surface area (Å²) in [6.45, 7) is 1.59. The van der Waals surface area contributed by atoms with Crippen LogP contribution in [0.5, 0.6) is 0 Å². The quantitative estimate of drug-likeness (QED) is 0.199. The van der Waals surface area contributed by atoms with Crippen LogP contribution >= 0.6 is 0 Å². The van der Waals surface area contributed by atoms with Gasteiger partial charge in [0, 0.05) is 0 Å². The van der Waals surface area contributed by atoms with E-state index in [1.54, 1.807) is 0 Å². The Hall–Kier alpha value is -1.26.